The van der Waals surface area contributed by atoms with Crippen molar-refractivity contribution in [2.75, 3.05) is 7.11 Å². The van der Waals surface area contributed by atoms with Crippen molar-refractivity contribution in [2.24, 2.45) is 0 Å². The summed E-state index contributed by atoms with van der Waals surface area (Å²) in [6, 6.07) is 0. The highest BCUT2D eigenvalue weighted by Crippen LogP contribution is 2.20. The van der Waals surface area contributed by atoms with Crippen molar-refractivity contribution in [3.8, 4) is 0 Å². The molecule has 0 aromatic heterocycles. The van der Waals surface area contributed by atoms with Gasteiger partial charge in [0.2, 0.25) is 10.8 Å². The number of aliphatic hydroxyl groups excluding tert-OH is 1. The Kier molecular flexibility index (Phi) is 7.00. The molecule has 11 heteroatoms. The first-order valence-corrected chi connectivity index (χ1v) is 6.83. The standard InChI is InChI=1S/C13H17BrO10/c1-5(15)22-9(8(18)13(20)21-4)10(23-6(2)16)11(12(14)19)24-7(3)17/h8-11,18H,1-4H3/t8-,9+,10-,11+/m0/s1/i1D,2D,3D. The van der Waals surface area contributed by atoms with Crippen LogP contribution in [0.2, 0.25) is 0 Å². The Balaban J connectivity index is 6.10. The van der Waals surface area contributed by atoms with Crippen LogP contribution in [-0.2, 0) is 42.9 Å². The zero-order valence-electron chi connectivity index (χ0n) is 15.4. The summed E-state index contributed by atoms with van der Waals surface area (Å²) in [6.07, 6.45) is -8.52. The molecule has 24 heavy (non-hydrogen) atoms. The smallest absolute Gasteiger partial charge is 0.338 e. The van der Waals surface area contributed by atoms with Gasteiger partial charge in [-0.05, 0) is 15.9 Å². The van der Waals surface area contributed by atoms with E-state index in [-0.39, 0.29) is 0 Å². The molecule has 0 fully saturated rings. The van der Waals surface area contributed by atoms with E-state index in [1.807, 2.05) is 0 Å². The molecule has 0 radical (unpaired) electrons. The minimum absolute atomic E-state index is 0.882. The number of methoxy groups -OCH3 is 1. The second-order valence-corrected chi connectivity index (χ2v) is 4.87. The molecule has 4 atom stereocenters. The average molecular weight is 416 g/mol. The molecule has 0 aliphatic carbocycles. The van der Waals surface area contributed by atoms with Gasteiger partial charge in [0, 0.05) is 24.8 Å². The third-order valence-corrected chi connectivity index (χ3v) is 2.84. The second-order valence-electron chi connectivity index (χ2n) is 4.09. The summed E-state index contributed by atoms with van der Waals surface area (Å²) in [5, 5.41) is 10.0. The molecular formula is C13H17BrO10. The van der Waals surface area contributed by atoms with Gasteiger partial charge in [-0.3, -0.25) is 19.2 Å². The van der Waals surface area contributed by atoms with E-state index in [1.165, 1.54) is 0 Å². The zero-order valence-corrected chi connectivity index (χ0v) is 14.0. The van der Waals surface area contributed by atoms with Crippen molar-refractivity contribution in [3.63, 3.8) is 0 Å². The quantitative estimate of drug-likeness (QED) is 0.305. The van der Waals surface area contributed by atoms with Gasteiger partial charge in [0.25, 0.3) is 0 Å². The summed E-state index contributed by atoms with van der Waals surface area (Å²) >= 11 is 2.48. The highest BCUT2D eigenvalue weighted by Gasteiger charge is 2.46. The molecule has 0 unspecified atom stereocenters. The Labute approximate surface area is 149 Å². The first kappa shape index (κ1) is 16.8. The molecular weight excluding hydrogens is 396 g/mol. The Hall–Kier alpha value is -2.01. The number of hydrogen-bond donors (Lipinski definition) is 1. The number of carbonyl (C=O) groups is 5. The maximum Gasteiger partial charge on any atom is 0.338 e. The third kappa shape index (κ3) is 7.04. The number of halogens is 1. The average Bonchev–Trinajstić information content (AvgIpc) is 2.66. The van der Waals surface area contributed by atoms with Gasteiger partial charge in [-0.25, -0.2) is 4.79 Å². The lowest BCUT2D eigenvalue weighted by atomic mass is 10.0. The molecule has 0 amide bonds. The van der Waals surface area contributed by atoms with Crippen LogP contribution in [0.4, 0.5) is 0 Å². The number of carbonyl (C=O) groups excluding carboxylic acids is 5. The SMILES string of the molecule is [2H]CC(=O)O[C@@H]([C@H](OC(=O)C[2H])[C@@H](OC(=O)C[2H])C(=O)Br)[C@H](O)C(=O)OC. The fourth-order valence-corrected chi connectivity index (χ4v) is 1.91. The molecule has 0 saturated heterocycles. The largest absolute Gasteiger partial charge is 0.467 e. The Morgan fingerprint density at radius 2 is 1.38 bits per heavy atom. The Morgan fingerprint density at radius 1 is 0.917 bits per heavy atom. The van der Waals surface area contributed by atoms with E-state index in [2.05, 4.69) is 25.4 Å². The summed E-state index contributed by atoms with van der Waals surface area (Å²) in [5.74, 6) is -5.14. The lowest BCUT2D eigenvalue weighted by molar-refractivity contribution is -0.197. The van der Waals surface area contributed by atoms with Gasteiger partial charge < -0.3 is 24.1 Å². The van der Waals surface area contributed by atoms with E-state index < -0.39 is 73.7 Å². The molecule has 0 rings (SSSR count). The first-order valence-electron chi connectivity index (χ1n) is 8.16. The second kappa shape index (κ2) is 9.98. The van der Waals surface area contributed by atoms with Crippen LogP contribution < -0.4 is 0 Å². The normalized spacial score (nSPS) is 16.9. The number of esters is 4. The summed E-state index contributed by atoms with van der Waals surface area (Å²) in [7, 11) is 0.882. The summed E-state index contributed by atoms with van der Waals surface area (Å²) < 4.78 is 38.2. The lowest BCUT2D eigenvalue weighted by Crippen LogP contribution is -2.54. The van der Waals surface area contributed by atoms with Crippen molar-refractivity contribution >= 4 is 44.5 Å². The Morgan fingerprint density at radius 3 is 1.79 bits per heavy atom. The summed E-state index contributed by atoms with van der Waals surface area (Å²) in [6.45, 7) is -2.84. The molecule has 0 bridgehead atoms. The maximum atomic E-state index is 11.8. The van der Waals surface area contributed by atoms with Gasteiger partial charge in [-0.15, -0.1) is 0 Å². The lowest BCUT2D eigenvalue weighted by Gasteiger charge is -2.31. The fourth-order valence-electron chi connectivity index (χ4n) is 1.55. The van der Waals surface area contributed by atoms with Crippen LogP contribution >= 0.6 is 15.9 Å². The van der Waals surface area contributed by atoms with Gasteiger partial charge in [-0.2, -0.15) is 0 Å². The maximum absolute atomic E-state index is 11.8. The van der Waals surface area contributed by atoms with Gasteiger partial charge >= 0.3 is 23.9 Å². The molecule has 0 spiro atoms. The van der Waals surface area contributed by atoms with E-state index >= 15 is 0 Å². The van der Waals surface area contributed by atoms with Gasteiger partial charge in [0.15, 0.2) is 18.3 Å². The van der Waals surface area contributed by atoms with Crippen LogP contribution in [0.3, 0.4) is 0 Å². The van der Waals surface area contributed by atoms with Crippen molar-refractivity contribution in [1.82, 2.24) is 0 Å². The number of aliphatic hydroxyl groups is 1. The van der Waals surface area contributed by atoms with Gasteiger partial charge in [0.05, 0.1) is 7.11 Å². The molecule has 0 aliphatic heterocycles. The van der Waals surface area contributed by atoms with Crippen LogP contribution in [0.5, 0.6) is 0 Å². The van der Waals surface area contributed by atoms with Crippen LogP contribution in [0.1, 0.15) is 24.8 Å². The first-order chi connectivity index (χ1) is 12.6. The molecule has 1 N–H and O–H groups in total. The van der Waals surface area contributed by atoms with Crippen LogP contribution in [0.25, 0.3) is 0 Å². The van der Waals surface area contributed by atoms with E-state index in [1.54, 1.807) is 0 Å². The van der Waals surface area contributed by atoms with E-state index in [9.17, 15) is 29.1 Å². The van der Waals surface area contributed by atoms with E-state index in [0.717, 1.165) is 7.11 Å². The van der Waals surface area contributed by atoms with Crippen LogP contribution in [0, 0.1) is 0 Å². The van der Waals surface area contributed by atoms with Crippen molar-refractivity contribution < 1.29 is 52.1 Å². The van der Waals surface area contributed by atoms with E-state index in [0.29, 0.717) is 0 Å². The third-order valence-electron chi connectivity index (χ3n) is 2.39. The van der Waals surface area contributed by atoms with Gasteiger partial charge in [-0.1, -0.05) is 0 Å². The molecule has 0 heterocycles. The molecule has 10 nitrogen and oxygen atoms in total. The molecule has 0 aliphatic rings. The monoisotopic (exact) mass is 415 g/mol. The highest BCUT2D eigenvalue weighted by molar-refractivity contribution is 9.18. The predicted molar refractivity (Wildman–Crippen MR) is 78.6 cm³/mol. The summed E-state index contributed by atoms with van der Waals surface area (Å²) in [5.41, 5.74) is 0. The molecule has 0 aromatic carbocycles. The molecule has 136 valence electrons. The zero-order chi connectivity index (χ0) is 21.1. The minimum atomic E-state index is -2.29. The molecule has 0 aromatic rings. The van der Waals surface area contributed by atoms with Crippen LogP contribution in [-0.4, -0.2) is 65.2 Å². The van der Waals surface area contributed by atoms with Crippen molar-refractivity contribution in [2.45, 2.75) is 45.1 Å². The summed E-state index contributed by atoms with van der Waals surface area (Å²) in [4.78, 5) is 57.8. The fraction of sp³-hybridized carbons (Fsp3) is 0.615. The minimum Gasteiger partial charge on any atom is -0.467 e. The van der Waals surface area contributed by atoms with Crippen molar-refractivity contribution in [3.05, 3.63) is 0 Å². The van der Waals surface area contributed by atoms with Crippen molar-refractivity contribution in [1.29, 1.82) is 0 Å². The predicted octanol–water partition coefficient (Wildman–Crippen LogP) is -0.763. The number of ether oxygens (including phenoxy) is 4. The Bertz CT molecular complexity index is 573. The topological polar surface area (TPSA) is 142 Å². The van der Waals surface area contributed by atoms with E-state index in [4.69, 9.17) is 13.6 Å². The highest BCUT2D eigenvalue weighted by atomic mass is 79.9. The van der Waals surface area contributed by atoms with Gasteiger partial charge in [0.1, 0.15) is 0 Å². The number of rotatable bonds is 8. The van der Waals surface area contributed by atoms with Crippen LogP contribution in [0.15, 0.2) is 0 Å². The number of hydrogen-bond acceptors (Lipinski definition) is 10. The molecule has 0 saturated carbocycles.